The first-order chi connectivity index (χ1) is 17.7. The molecule has 4 aromatic rings. The lowest BCUT2D eigenvalue weighted by Gasteiger charge is -2.23. The summed E-state index contributed by atoms with van der Waals surface area (Å²) in [5.41, 5.74) is 5.37. The number of aromatic nitrogens is 1. The topological polar surface area (TPSA) is 83.8 Å². The third-order valence-corrected chi connectivity index (χ3v) is 8.01. The Morgan fingerprint density at radius 3 is 2.35 bits per heavy atom. The first kappa shape index (κ1) is 26.3. The molecule has 37 heavy (non-hydrogen) atoms. The fourth-order valence-corrected chi connectivity index (χ4v) is 5.61. The maximum absolute atomic E-state index is 14.3. The molecule has 0 bridgehead atoms. The molecule has 3 aromatic carbocycles. The monoisotopic (exact) mass is 582 g/mol. The largest absolute Gasteiger partial charge is 0.315 e. The molecule has 1 aromatic heterocycles. The van der Waals surface area contributed by atoms with Gasteiger partial charge < -0.3 is 4.57 Å². The SMILES string of the molecule is Cc1cc(/C=N/NC(=O)CN(c2ccc(Br)cc2)S(=O)(=O)c2ccccc2)c(C)n1-c1ccccc1F. The summed E-state index contributed by atoms with van der Waals surface area (Å²) < 4.78 is 44.6. The molecule has 0 atom stereocenters. The maximum Gasteiger partial charge on any atom is 0.264 e. The quantitative estimate of drug-likeness (QED) is 0.225. The number of aryl methyl sites for hydroxylation is 1. The maximum atomic E-state index is 14.3. The zero-order valence-electron chi connectivity index (χ0n) is 20.1. The van der Waals surface area contributed by atoms with Gasteiger partial charge in [0, 0.05) is 21.4 Å². The molecule has 0 spiro atoms. The number of halogens is 2. The van der Waals surface area contributed by atoms with Crippen LogP contribution in [0.3, 0.4) is 0 Å². The van der Waals surface area contributed by atoms with E-state index in [9.17, 15) is 17.6 Å². The third-order valence-electron chi connectivity index (χ3n) is 5.69. The second-order valence-electron chi connectivity index (χ2n) is 8.21. The van der Waals surface area contributed by atoms with Crippen LogP contribution in [-0.4, -0.2) is 31.7 Å². The van der Waals surface area contributed by atoms with Gasteiger partial charge >= 0.3 is 0 Å². The second-order valence-corrected chi connectivity index (χ2v) is 11.0. The van der Waals surface area contributed by atoms with E-state index in [1.807, 2.05) is 19.9 Å². The first-order valence-electron chi connectivity index (χ1n) is 11.3. The predicted molar refractivity (Wildman–Crippen MR) is 146 cm³/mol. The molecule has 190 valence electrons. The first-order valence-corrected chi connectivity index (χ1v) is 13.5. The fraction of sp³-hybridized carbons (Fsp3) is 0.111. The van der Waals surface area contributed by atoms with Gasteiger partial charge in [-0.15, -0.1) is 0 Å². The van der Waals surface area contributed by atoms with Crippen molar-refractivity contribution >= 4 is 43.8 Å². The smallest absolute Gasteiger partial charge is 0.264 e. The van der Waals surface area contributed by atoms with Crippen LogP contribution in [0, 0.1) is 19.7 Å². The van der Waals surface area contributed by atoms with E-state index in [2.05, 4.69) is 26.5 Å². The number of nitrogens with one attached hydrogen (secondary N) is 1. The standard InChI is InChI=1S/C27H24BrFN4O3S/c1-19-16-21(20(2)33(19)26-11-7-6-10-25(26)29)17-30-31-27(34)18-32(23-14-12-22(28)13-15-23)37(35,36)24-8-4-3-5-9-24/h3-17H,18H2,1-2H3,(H,31,34)/b30-17+. The number of rotatable bonds is 8. The number of amides is 1. The Hall–Kier alpha value is -3.76. The number of hydrogen-bond acceptors (Lipinski definition) is 4. The highest BCUT2D eigenvalue weighted by molar-refractivity contribution is 9.10. The van der Waals surface area contributed by atoms with Gasteiger partial charge in [-0.1, -0.05) is 46.3 Å². The van der Waals surface area contributed by atoms with E-state index in [1.54, 1.807) is 65.2 Å². The van der Waals surface area contributed by atoms with Crippen molar-refractivity contribution in [2.75, 3.05) is 10.8 Å². The van der Waals surface area contributed by atoms with E-state index in [1.165, 1.54) is 24.4 Å². The van der Waals surface area contributed by atoms with Crippen LogP contribution in [0.25, 0.3) is 5.69 Å². The number of carbonyl (C=O) groups is 1. The molecule has 1 N–H and O–H groups in total. The van der Waals surface area contributed by atoms with E-state index >= 15 is 0 Å². The fourth-order valence-electron chi connectivity index (χ4n) is 3.90. The highest BCUT2D eigenvalue weighted by atomic mass is 79.9. The number of hydrazone groups is 1. The molecule has 0 saturated carbocycles. The van der Waals surface area contributed by atoms with Crippen molar-refractivity contribution in [2.24, 2.45) is 5.10 Å². The summed E-state index contributed by atoms with van der Waals surface area (Å²) in [4.78, 5) is 12.9. The molecule has 7 nitrogen and oxygen atoms in total. The molecule has 0 radical (unpaired) electrons. The third kappa shape index (κ3) is 5.81. The number of anilines is 1. The van der Waals surface area contributed by atoms with Crippen LogP contribution in [0.5, 0.6) is 0 Å². The zero-order valence-corrected chi connectivity index (χ0v) is 22.5. The van der Waals surface area contributed by atoms with E-state index in [0.29, 0.717) is 16.9 Å². The molecule has 0 unspecified atom stereocenters. The summed E-state index contributed by atoms with van der Waals surface area (Å²) >= 11 is 3.34. The van der Waals surface area contributed by atoms with Crippen molar-refractivity contribution in [2.45, 2.75) is 18.7 Å². The van der Waals surface area contributed by atoms with Gasteiger partial charge in [-0.3, -0.25) is 9.10 Å². The summed E-state index contributed by atoms with van der Waals surface area (Å²) in [5, 5.41) is 4.03. The Morgan fingerprint density at radius 1 is 1.03 bits per heavy atom. The predicted octanol–water partition coefficient (Wildman–Crippen LogP) is 5.34. The Labute approximate surface area is 223 Å². The van der Waals surface area contributed by atoms with Crippen molar-refractivity contribution < 1.29 is 17.6 Å². The summed E-state index contributed by atoms with van der Waals surface area (Å²) in [7, 11) is -4.02. The molecular formula is C27H24BrFN4O3S. The van der Waals surface area contributed by atoms with Gasteiger partial charge in [0.05, 0.1) is 22.5 Å². The van der Waals surface area contributed by atoms with Crippen LogP contribution < -0.4 is 9.73 Å². The average Bonchev–Trinajstić information content (AvgIpc) is 3.16. The van der Waals surface area contributed by atoms with E-state index in [0.717, 1.165) is 20.2 Å². The van der Waals surface area contributed by atoms with Crippen molar-refractivity contribution in [1.82, 2.24) is 9.99 Å². The number of hydrogen-bond donors (Lipinski definition) is 1. The average molecular weight is 583 g/mol. The van der Waals surface area contributed by atoms with Gasteiger partial charge in [0.15, 0.2) is 0 Å². The minimum atomic E-state index is -4.02. The highest BCUT2D eigenvalue weighted by Gasteiger charge is 2.27. The van der Waals surface area contributed by atoms with Gasteiger partial charge in [-0.25, -0.2) is 18.2 Å². The molecule has 0 aliphatic heterocycles. The molecule has 0 saturated heterocycles. The van der Waals surface area contributed by atoms with Crippen LogP contribution >= 0.6 is 15.9 Å². The Kier molecular flexibility index (Phi) is 7.89. The summed E-state index contributed by atoms with van der Waals surface area (Å²) in [6.07, 6.45) is 1.45. The van der Waals surface area contributed by atoms with Gasteiger partial charge in [-0.05, 0) is 68.4 Å². The number of sulfonamides is 1. The van der Waals surface area contributed by atoms with Gasteiger partial charge in [0.1, 0.15) is 12.4 Å². The normalized spacial score (nSPS) is 11.6. The van der Waals surface area contributed by atoms with Crippen molar-refractivity contribution in [3.05, 3.63) is 112 Å². The minimum absolute atomic E-state index is 0.0646. The van der Waals surface area contributed by atoms with Crippen LogP contribution in [0.15, 0.2) is 99.4 Å². The molecule has 1 amide bonds. The molecule has 1 heterocycles. The number of nitrogens with zero attached hydrogens (tertiary/aromatic N) is 3. The molecule has 4 rings (SSSR count). The van der Waals surface area contributed by atoms with Crippen molar-refractivity contribution in [3.63, 3.8) is 0 Å². The Bertz CT molecular complexity index is 1550. The second kappa shape index (κ2) is 11.1. The lowest BCUT2D eigenvalue weighted by Crippen LogP contribution is -2.39. The number of para-hydroxylation sites is 1. The number of carbonyl (C=O) groups excluding carboxylic acids is 1. The summed E-state index contributed by atoms with van der Waals surface area (Å²) in [6, 6.07) is 22.8. The minimum Gasteiger partial charge on any atom is -0.315 e. The molecular weight excluding hydrogens is 559 g/mol. The number of benzene rings is 3. The summed E-state index contributed by atoms with van der Waals surface area (Å²) in [5.74, 6) is -0.977. The molecule has 0 aliphatic carbocycles. The molecule has 10 heteroatoms. The van der Waals surface area contributed by atoms with Crippen molar-refractivity contribution in [3.8, 4) is 5.69 Å². The molecule has 0 fully saturated rings. The lowest BCUT2D eigenvalue weighted by molar-refractivity contribution is -0.119. The van der Waals surface area contributed by atoms with Crippen LogP contribution in [-0.2, 0) is 14.8 Å². The van der Waals surface area contributed by atoms with E-state index < -0.39 is 22.5 Å². The van der Waals surface area contributed by atoms with Gasteiger partial charge in [0.2, 0.25) is 0 Å². The Balaban J connectivity index is 1.55. The van der Waals surface area contributed by atoms with Gasteiger partial charge in [0.25, 0.3) is 15.9 Å². The van der Waals surface area contributed by atoms with E-state index in [-0.39, 0.29) is 10.7 Å². The van der Waals surface area contributed by atoms with Crippen molar-refractivity contribution in [1.29, 1.82) is 0 Å². The molecule has 0 aliphatic rings. The van der Waals surface area contributed by atoms with Crippen LogP contribution in [0.4, 0.5) is 10.1 Å². The zero-order chi connectivity index (χ0) is 26.6. The van der Waals surface area contributed by atoms with Crippen LogP contribution in [0.2, 0.25) is 0 Å². The lowest BCUT2D eigenvalue weighted by atomic mass is 10.2. The summed E-state index contributed by atoms with van der Waals surface area (Å²) in [6.45, 7) is 3.19. The van der Waals surface area contributed by atoms with E-state index in [4.69, 9.17) is 0 Å². The van der Waals surface area contributed by atoms with Gasteiger partial charge in [-0.2, -0.15) is 5.10 Å². The Morgan fingerprint density at radius 2 is 1.68 bits per heavy atom. The highest BCUT2D eigenvalue weighted by Crippen LogP contribution is 2.25. The van der Waals surface area contributed by atoms with Crippen LogP contribution in [0.1, 0.15) is 17.0 Å².